The lowest BCUT2D eigenvalue weighted by Gasteiger charge is -2.15. The molecule has 1 aliphatic carbocycles. The Hall–Kier alpha value is -1.20. The normalized spacial score (nSPS) is 16.3. The van der Waals surface area contributed by atoms with E-state index in [4.69, 9.17) is 16.3 Å². The second-order valence-corrected chi connectivity index (χ2v) is 5.04. The molecular weight excluding hydrogens is 254 g/mol. The molecule has 1 aromatic rings. The molecule has 18 heavy (non-hydrogen) atoms. The molecule has 1 aromatic heterocycles. The number of halogens is 1. The van der Waals surface area contributed by atoms with Gasteiger partial charge in [0, 0.05) is 20.3 Å². The van der Waals surface area contributed by atoms with E-state index in [2.05, 4.69) is 15.3 Å². The van der Waals surface area contributed by atoms with Gasteiger partial charge in [0.15, 0.2) is 0 Å². The van der Waals surface area contributed by atoms with E-state index in [-0.39, 0.29) is 22.2 Å². The highest BCUT2D eigenvalue weighted by Crippen LogP contribution is 2.48. The minimum Gasteiger partial charge on any atom is -0.385 e. The number of nitrogens with one attached hydrogen (secondary N) is 1. The SMILES string of the molecule is COCCC1(CNC(=O)c2cncc(Cl)n2)CC1. The van der Waals surface area contributed by atoms with Crippen molar-refractivity contribution in [3.8, 4) is 0 Å². The molecular formula is C12H16ClN3O2. The van der Waals surface area contributed by atoms with Gasteiger partial charge in [-0.25, -0.2) is 4.98 Å². The molecule has 98 valence electrons. The lowest BCUT2D eigenvalue weighted by Crippen LogP contribution is -2.31. The van der Waals surface area contributed by atoms with E-state index in [1.807, 2.05) is 0 Å². The summed E-state index contributed by atoms with van der Waals surface area (Å²) < 4.78 is 5.07. The molecule has 5 nitrogen and oxygen atoms in total. The average molecular weight is 270 g/mol. The molecule has 1 fully saturated rings. The van der Waals surface area contributed by atoms with Gasteiger partial charge < -0.3 is 10.1 Å². The van der Waals surface area contributed by atoms with Crippen LogP contribution in [0.2, 0.25) is 5.15 Å². The quantitative estimate of drug-likeness (QED) is 0.853. The number of rotatable bonds is 6. The Balaban J connectivity index is 1.85. The summed E-state index contributed by atoms with van der Waals surface area (Å²) in [7, 11) is 1.69. The Bertz CT molecular complexity index is 435. The fourth-order valence-corrected chi connectivity index (χ4v) is 1.97. The summed E-state index contributed by atoms with van der Waals surface area (Å²) in [4.78, 5) is 19.6. The van der Waals surface area contributed by atoms with E-state index in [1.165, 1.54) is 12.4 Å². The Morgan fingerprint density at radius 1 is 1.56 bits per heavy atom. The first-order chi connectivity index (χ1) is 8.65. The van der Waals surface area contributed by atoms with Crippen molar-refractivity contribution in [3.05, 3.63) is 23.2 Å². The second-order valence-electron chi connectivity index (χ2n) is 4.65. The zero-order valence-electron chi connectivity index (χ0n) is 10.3. The van der Waals surface area contributed by atoms with Gasteiger partial charge in [-0.3, -0.25) is 9.78 Å². The number of hydrogen-bond acceptors (Lipinski definition) is 4. The van der Waals surface area contributed by atoms with Gasteiger partial charge in [-0.05, 0) is 24.7 Å². The van der Waals surface area contributed by atoms with Gasteiger partial charge in [-0.15, -0.1) is 0 Å². The molecule has 0 radical (unpaired) electrons. The summed E-state index contributed by atoms with van der Waals surface area (Å²) in [6.07, 6.45) is 6.07. The third-order valence-electron chi connectivity index (χ3n) is 3.26. The summed E-state index contributed by atoms with van der Waals surface area (Å²) >= 11 is 5.69. The summed E-state index contributed by atoms with van der Waals surface area (Å²) in [5.74, 6) is -0.228. The van der Waals surface area contributed by atoms with Crippen molar-refractivity contribution in [2.45, 2.75) is 19.3 Å². The van der Waals surface area contributed by atoms with Crippen LogP contribution >= 0.6 is 11.6 Å². The molecule has 0 atom stereocenters. The van der Waals surface area contributed by atoms with Crippen LogP contribution in [0, 0.1) is 5.41 Å². The Kier molecular flexibility index (Phi) is 4.14. The van der Waals surface area contributed by atoms with Crippen molar-refractivity contribution in [2.75, 3.05) is 20.3 Å². The summed E-state index contributed by atoms with van der Waals surface area (Å²) in [5, 5.41) is 3.11. The average Bonchev–Trinajstić information content (AvgIpc) is 3.14. The summed E-state index contributed by atoms with van der Waals surface area (Å²) in [6.45, 7) is 1.39. The fraction of sp³-hybridized carbons (Fsp3) is 0.583. The smallest absolute Gasteiger partial charge is 0.271 e. The molecule has 2 rings (SSSR count). The molecule has 0 bridgehead atoms. The van der Waals surface area contributed by atoms with Crippen LogP contribution in [-0.2, 0) is 4.74 Å². The lowest BCUT2D eigenvalue weighted by atomic mass is 10.0. The first-order valence-electron chi connectivity index (χ1n) is 5.90. The summed E-state index contributed by atoms with van der Waals surface area (Å²) in [6, 6.07) is 0. The monoisotopic (exact) mass is 269 g/mol. The van der Waals surface area contributed by atoms with Crippen molar-refractivity contribution in [1.29, 1.82) is 0 Å². The van der Waals surface area contributed by atoms with Crippen LogP contribution in [0.4, 0.5) is 0 Å². The second kappa shape index (κ2) is 5.63. The Morgan fingerprint density at radius 3 is 2.94 bits per heavy atom. The molecule has 0 unspecified atom stereocenters. The number of hydrogen-bond donors (Lipinski definition) is 1. The number of ether oxygens (including phenoxy) is 1. The van der Waals surface area contributed by atoms with Gasteiger partial charge in [-0.2, -0.15) is 0 Å². The van der Waals surface area contributed by atoms with Crippen molar-refractivity contribution < 1.29 is 9.53 Å². The van der Waals surface area contributed by atoms with Gasteiger partial charge in [-0.1, -0.05) is 11.6 Å². The molecule has 1 aliphatic rings. The minimum atomic E-state index is -0.228. The Morgan fingerprint density at radius 2 is 2.33 bits per heavy atom. The number of nitrogens with zero attached hydrogens (tertiary/aromatic N) is 2. The van der Waals surface area contributed by atoms with Gasteiger partial charge in [0.05, 0.1) is 12.4 Å². The summed E-state index contributed by atoms with van der Waals surface area (Å²) in [5.41, 5.74) is 0.475. The molecule has 0 saturated heterocycles. The highest BCUT2D eigenvalue weighted by molar-refractivity contribution is 6.29. The third kappa shape index (κ3) is 3.40. The van der Waals surface area contributed by atoms with E-state index >= 15 is 0 Å². The molecule has 1 N–H and O–H groups in total. The maximum atomic E-state index is 11.8. The van der Waals surface area contributed by atoms with Crippen molar-refractivity contribution in [2.24, 2.45) is 5.41 Å². The van der Waals surface area contributed by atoms with Crippen LogP contribution in [0.15, 0.2) is 12.4 Å². The fourth-order valence-electron chi connectivity index (χ4n) is 1.82. The maximum absolute atomic E-state index is 11.8. The van der Waals surface area contributed by atoms with Gasteiger partial charge in [0.25, 0.3) is 5.91 Å². The molecule has 1 amide bonds. The standard InChI is InChI=1S/C12H16ClN3O2/c1-18-5-4-12(2-3-12)8-15-11(17)9-6-14-7-10(13)16-9/h6-7H,2-5,8H2,1H3,(H,15,17). The highest BCUT2D eigenvalue weighted by atomic mass is 35.5. The number of amides is 1. The topological polar surface area (TPSA) is 64.1 Å². The van der Waals surface area contributed by atoms with E-state index in [0.717, 1.165) is 25.9 Å². The van der Waals surface area contributed by atoms with Gasteiger partial charge in [0.1, 0.15) is 10.8 Å². The number of aromatic nitrogens is 2. The first-order valence-corrected chi connectivity index (χ1v) is 6.28. The third-order valence-corrected chi connectivity index (χ3v) is 3.44. The van der Waals surface area contributed by atoms with E-state index < -0.39 is 0 Å². The van der Waals surface area contributed by atoms with Crippen LogP contribution in [0.5, 0.6) is 0 Å². The predicted octanol–water partition coefficient (Wildman–Crippen LogP) is 1.68. The van der Waals surface area contributed by atoms with Crippen molar-refractivity contribution in [1.82, 2.24) is 15.3 Å². The van der Waals surface area contributed by atoms with E-state index in [1.54, 1.807) is 7.11 Å². The van der Waals surface area contributed by atoms with Crippen LogP contribution in [-0.4, -0.2) is 36.1 Å². The molecule has 6 heteroatoms. The Labute approximate surface area is 111 Å². The van der Waals surface area contributed by atoms with Crippen LogP contribution in [0.25, 0.3) is 0 Å². The number of methoxy groups -OCH3 is 1. The van der Waals surface area contributed by atoms with Crippen molar-refractivity contribution in [3.63, 3.8) is 0 Å². The molecule has 0 aliphatic heterocycles. The highest BCUT2D eigenvalue weighted by Gasteiger charge is 2.42. The zero-order valence-corrected chi connectivity index (χ0v) is 11.0. The predicted molar refractivity (Wildman–Crippen MR) is 67.5 cm³/mol. The largest absolute Gasteiger partial charge is 0.385 e. The first kappa shape index (κ1) is 13.2. The van der Waals surface area contributed by atoms with Gasteiger partial charge in [0.2, 0.25) is 0 Å². The molecule has 1 heterocycles. The van der Waals surface area contributed by atoms with Crippen LogP contribution < -0.4 is 5.32 Å². The van der Waals surface area contributed by atoms with Gasteiger partial charge >= 0.3 is 0 Å². The maximum Gasteiger partial charge on any atom is 0.271 e. The minimum absolute atomic E-state index is 0.220. The number of carbonyl (C=O) groups is 1. The van der Waals surface area contributed by atoms with E-state index in [9.17, 15) is 4.79 Å². The van der Waals surface area contributed by atoms with E-state index in [0.29, 0.717) is 6.54 Å². The number of carbonyl (C=O) groups excluding carboxylic acids is 1. The van der Waals surface area contributed by atoms with Crippen LogP contribution in [0.1, 0.15) is 29.8 Å². The molecule has 0 spiro atoms. The zero-order chi connectivity index (χ0) is 13.0. The molecule has 0 aromatic carbocycles. The lowest BCUT2D eigenvalue weighted by molar-refractivity contribution is 0.0932. The molecule has 1 saturated carbocycles. The van der Waals surface area contributed by atoms with Crippen LogP contribution in [0.3, 0.4) is 0 Å². The van der Waals surface area contributed by atoms with Crippen molar-refractivity contribution >= 4 is 17.5 Å².